The van der Waals surface area contributed by atoms with E-state index < -0.39 is 16.0 Å². The van der Waals surface area contributed by atoms with Crippen LogP contribution in [0.25, 0.3) is 0 Å². The van der Waals surface area contributed by atoms with Gasteiger partial charge in [0.15, 0.2) is 0 Å². The van der Waals surface area contributed by atoms with Crippen LogP contribution in [0.1, 0.15) is 27.3 Å². The lowest BCUT2D eigenvalue weighted by Crippen LogP contribution is -2.17. The fourth-order valence-electron chi connectivity index (χ4n) is 1.77. The van der Waals surface area contributed by atoms with Crippen LogP contribution in [0, 0.1) is 13.8 Å². The lowest BCUT2D eigenvalue weighted by molar-refractivity contribution is 0.0599. The Morgan fingerprint density at radius 3 is 2.29 bits per heavy atom. The van der Waals surface area contributed by atoms with Gasteiger partial charge in [0.2, 0.25) is 10.0 Å². The van der Waals surface area contributed by atoms with E-state index >= 15 is 0 Å². The number of carbonyl (C=O) groups is 1. The number of nitrogens with zero attached hydrogens (tertiary/aromatic N) is 1. The summed E-state index contributed by atoms with van der Waals surface area (Å²) in [6.45, 7) is 3.46. The summed E-state index contributed by atoms with van der Waals surface area (Å²) in [7, 11) is -0.680. The van der Waals surface area contributed by atoms with Gasteiger partial charge in [-0.15, -0.1) is 0 Å². The Labute approximate surface area is 100 Å². The quantitative estimate of drug-likeness (QED) is 0.787. The highest BCUT2D eigenvalue weighted by Crippen LogP contribution is 2.23. The third kappa shape index (κ3) is 2.67. The molecule has 0 saturated carbocycles. The van der Waals surface area contributed by atoms with Crippen molar-refractivity contribution in [3.8, 4) is 0 Å². The summed E-state index contributed by atoms with van der Waals surface area (Å²) in [5.41, 5.74) is 2.03. The molecule has 0 spiro atoms. The maximum absolute atomic E-state index is 11.6. The highest BCUT2D eigenvalue weighted by molar-refractivity contribution is 7.88. The fraction of sp³-hybridized carbons (Fsp3) is 0.500. The Kier molecular flexibility index (Phi) is 3.63. The first kappa shape index (κ1) is 13.7. The Morgan fingerprint density at radius 1 is 1.35 bits per heavy atom. The number of nitrogens with two attached hydrogens (primary N) is 1. The number of carbonyl (C=O) groups excluding carboxylic acids is 1. The van der Waals surface area contributed by atoms with Crippen LogP contribution in [0.4, 0.5) is 0 Å². The molecule has 1 aromatic heterocycles. The van der Waals surface area contributed by atoms with Crippen molar-refractivity contribution >= 4 is 16.0 Å². The Balaban J connectivity index is 3.47. The van der Waals surface area contributed by atoms with Gasteiger partial charge >= 0.3 is 5.97 Å². The number of hydrogen-bond acceptors (Lipinski definition) is 4. The largest absolute Gasteiger partial charge is 0.465 e. The summed E-state index contributed by atoms with van der Waals surface area (Å²) in [5, 5.41) is 5.02. The number of ether oxygens (including phenoxy) is 1. The molecule has 17 heavy (non-hydrogen) atoms. The number of aromatic nitrogens is 1. The van der Waals surface area contributed by atoms with Gasteiger partial charge in [-0.1, -0.05) is 0 Å². The van der Waals surface area contributed by atoms with Crippen LogP contribution in [0.15, 0.2) is 0 Å². The van der Waals surface area contributed by atoms with Crippen LogP contribution in [0.2, 0.25) is 0 Å². The molecule has 6 nitrogen and oxygen atoms in total. The first-order chi connectivity index (χ1) is 7.69. The molecule has 1 heterocycles. The van der Waals surface area contributed by atoms with Gasteiger partial charge in [-0.25, -0.2) is 18.4 Å². The predicted octanol–water partition coefficient (Wildman–Crippen LogP) is 0.217. The molecule has 0 radical (unpaired) electrons. The van der Waals surface area contributed by atoms with E-state index in [2.05, 4.69) is 4.74 Å². The third-order valence-corrected chi connectivity index (χ3v) is 3.53. The molecule has 96 valence electrons. The predicted molar refractivity (Wildman–Crippen MR) is 63.0 cm³/mol. The van der Waals surface area contributed by atoms with Gasteiger partial charge in [0.25, 0.3) is 0 Å². The standard InChI is InChI=1S/C10H16N2O4S/c1-6-8(5-17(11,14)15)9(10(13)16-4)7(2)12(6)3/h5H2,1-4H3,(H2,11,14,15). The molecule has 0 fully saturated rings. The summed E-state index contributed by atoms with van der Waals surface area (Å²) in [5.74, 6) is -0.921. The van der Waals surface area contributed by atoms with Crippen LogP contribution in [0.3, 0.4) is 0 Å². The van der Waals surface area contributed by atoms with Gasteiger partial charge in [0.1, 0.15) is 0 Å². The van der Waals surface area contributed by atoms with Crippen molar-refractivity contribution in [2.75, 3.05) is 7.11 Å². The number of sulfonamides is 1. The topological polar surface area (TPSA) is 91.4 Å². The monoisotopic (exact) mass is 260 g/mol. The summed E-state index contributed by atoms with van der Waals surface area (Å²) >= 11 is 0. The molecule has 1 aromatic rings. The van der Waals surface area contributed by atoms with Gasteiger partial charge in [0, 0.05) is 24.0 Å². The van der Waals surface area contributed by atoms with E-state index in [1.165, 1.54) is 7.11 Å². The zero-order valence-electron chi connectivity index (χ0n) is 10.3. The highest BCUT2D eigenvalue weighted by Gasteiger charge is 2.24. The SMILES string of the molecule is COC(=O)c1c(CS(N)(=O)=O)c(C)n(C)c1C. The fourth-order valence-corrected chi connectivity index (χ4v) is 2.53. The first-order valence-electron chi connectivity index (χ1n) is 4.92. The van der Waals surface area contributed by atoms with E-state index in [4.69, 9.17) is 5.14 Å². The van der Waals surface area contributed by atoms with Crippen molar-refractivity contribution in [3.63, 3.8) is 0 Å². The number of hydrogen-bond donors (Lipinski definition) is 1. The van der Waals surface area contributed by atoms with Crippen LogP contribution in [-0.2, 0) is 27.6 Å². The van der Waals surface area contributed by atoms with Gasteiger partial charge in [0.05, 0.1) is 18.4 Å². The second-order valence-electron chi connectivity index (χ2n) is 3.88. The molecule has 2 N–H and O–H groups in total. The zero-order valence-corrected chi connectivity index (χ0v) is 11.1. The second-order valence-corrected chi connectivity index (χ2v) is 5.50. The maximum Gasteiger partial charge on any atom is 0.340 e. The molecule has 0 bridgehead atoms. The Morgan fingerprint density at radius 2 is 1.88 bits per heavy atom. The average Bonchev–Trinajstić information content (AvgIpc) is 2.41. The molecule has 1 rings (SSSR count). The van der Waals surface area contributed by atoms with Crippen LogP contribution in [-0.4, -0.2) is 26.1 Å². The molecule has 0 aliphatic heterocycles. The van der Waals surface area contributed by atoms with Crippen LogP contribution < -0.4 is 5.14 Å². The molecule has 0 saturated heterocycles. The number of rotatable bonds is 3. The van der Waals surface area contributed by atoms with E-state index in [0.717, 1.165) is 0 Å². The molecule has 0 unspecified atom stereocenters. The lowest BCUT2D eigenvalue weighted by Gasteiger charge is -2.03. The zero-order chi connectivity index (χ0) is 13.4. The minimum absolute atomic E-state index is 0.279. The second kappa shape index (κ2) is 4.50. The van der Waals surface area contributed by atoms with Gasteiger partial charge < -0.3 is 9.30 Å². The summed E-state index contributed by atoms with van der Waals surface area (Å²) in [4.78, 5) is 11.6. The first-order valence-corrected chi connectivity index (χ1v) is 6.64. The van der Waals surface area contributed by atoms with Crippen LogP contribution in [0.5, 0.6) is 0 Å². The van der Waals surface area contributed by atoms with Crippen molar-refractivity contribution in [2.24, 2.45) is 12.2 Å². The van der Waals surface area contributed by atoms with Crippen molar-refractivity contribution in [1.29, 1.82) is 0 Å². The average molecular weight is 260 g/mol. The van der Waals surface area contributed by atoms with Gasteiger partial charge in [-0.3, -0.25) is 0 Å². The number of primary sulfonamides is 1. The van der Waals surface area contributed by atoms with Gasteiger partial charge in [-0.05, 0) is 13.8 Å². The molecule has 7 heteroatoms. The lowest BCUT2D eigenvalue weighted by atomic mass is 10.1. The van der Waals surface area contributed by atoms with Crippen molar-refractivity contribution in [3.05, 3.63) is 22.5 Å². The molecule has 0 amide bonds. The summed E-state index contributed by atoms with van der Waals surface area (Å²) in [6, 6.07) is 0. The summed E-state index contributed by atoms with van der Waals surface area (Å²) in [6.07, 6.45) is 0. The molecular weight excluding hydrogens is 244 g/mol. The van der Waals surface area contributed by atoms with Crippen LogP contribution >= 0.6 is 0 Å². The molecule has 0 aliphatic carbocycles. The Bertz CT molecular complexity index is 557. The van der Waals surface area contributed by atoms with E-state index in [1.54, 1.807) is 25.5 Å². The number of esters is 1. The van der Waals surface area contributed by atoms with Crippen molar-refractivity contribution in [2.45, 2.75) is 19.6 Å². The highest BCUT2D eigenvalue weighted by atomic mass is 32.2. The normalized spacial score (nSPS) is 11.6. The molecular formula is C10H16N2O4S. The van der Waals surface area contributed by atoms with E-state index in [1.807, 2.05) is 0 Å². The minimum Gasteiger partial charge on any atom is -0.465 e. The van der Waals surface area contributed by atoms with E-state index in [9.17, 15) is 13.2 Å². The smallest absolute Gasteiger partial charge is 0.340 e. The molecule has 0 aromatic carbocycles. The van der Waals surface area contributed by atoms with Crippen molar-refractivity contribution in [1.82, 2.24) is 4.57 Å². The minimum atomic E-state index is -3.69. The van der Waals surface area contributed by atoms with E-state index in [-0.39, 0.29) is 11.3 Å². The van der Waals surface area contributed by atoms with E-state index in [0.29, 0.717) is 17.0 Å². The summed E-state index contributed by atoms with van der Waals surface area (Å²) < 4.78 is 28.7. The molecule has 0 aliphatic rings. The maximum atomic E-state index is 11.6. The third-order valence-electron chi connectivity index (χ3n) is 2.84. The van der Waals surface area contributed by atoms with Crippen molar-refractivity contribution < 1.29 is 17.9 Å². The van der Waals surface area contributed by atoms with Gasteiger partial charge in [-0.2, -0.15) is 0 Å². The number of methoxy groups -OCH3 is 1. The Hall–Kier alpha value is -1.34. The molecule has 0 atom stereocenters.